The fraction of sp³-hybridized carbons (Fsp3) is 0.0667. The highest BCUT2D eigenvalue weighted by Gasteiger charge is 2.02. The Bertz CT molecular complexity index is 576. The van der Waals surface area contributed by atoms with Gasteiger partial charge in [-0.15, -0.1) is 0 Å². The molecule has 92 valence electrons. The van der Waals surface area contributed by atoms with Crippen molar-refractivity contribution >= 4 is 29.3 Å². The molecule has 1 nitrogen and oxygen atoms in total. The number of benzene rings is 2. The van der Waals surface area contributed by atoms with Crippen LogP contribution in [0.5, 0.6) is 0 Å². The minimum absolute atomic E-state index is 0.0387. The van der Waals surface area contributed by atoms with Gasteiger partial charge in [0.25, 0.3) is 0 Å². The second-order valence-corrected chi connectivity index (χ2v) is 4.65. The third-order valence-corrected chi connectivity index (χ3v) is 3.29. The van der Waals surface area contributed by atoms with Gasteiger partial charge in [0, 0.05) is 0 Å². The van der Waals surface area contributed by atoms with E-state index in [0.29, 0.717) is 10.0 Å². The van der Waals surface area contributed by atoms with Gasteiger partial charge in [0.2, 0.25) is 0 Å². The lowest BCUT2D eigenvalue weighted by Gasteiger charge is -2.04. The van der Waals surface area contributed by atoms with Crippen molar-refractivity contribution in [3.8, 4) is 11.1 Å². The Hall–Kier alpha value is -1.28. The molecule has 0 fully saturated rings. The van der Waals surface area contributed by atoms with E-state index in [0.717, 1.165) is 16.7 Å². The second-order valence-electron chi connectivity index (χ2n) is 3.84. The van der Waals surface area contributed by atoms with Crippen LogP contribution in [0.2, 0.25) is 10.0 Å². The van der Waals surface area contributed by atoms with Gasteiger partial charge in [0.05, 0.1) is 16.7 Å². The molecular weight excluding hydrogens is 267 g/mol. The van der Waals surface area contributed by atoms with Gasteiger partial charge in [-0.05, 0) is 34.9 Å². The van der Waals surface area contributed by atoms with Crippen LogP contribution in [0.15, 0.2) is 48.5 Å². The summed E-state index contributed by atoms with van der Waals surface area (Å²) in [6, 6.07) is 13.6. The van der Waals surface area contributed by atoms with Gasteiger partial charge >= 0.3 is 0 Å². The van der Waals surface area contributed by atoms with Crippen molar-refractivity contribution in [3.05, 3.63) is 64.1 Å². The molecule has 0 aliphatic heterocycles. The molecule has 0 spiro atoms. The van der Waals surface area contributed by atoms with Crippen molar-refractivity contribution in [1.82, 2.24) is 0 Å². The van der Waals surface area contributed by atoms with Crippen LogP contribution in [-0.2, 0) is 0 Å². The highest BCUT2D eigenvalue weighted by Crippen LogP contribution is 2.29. The molecule has 0 atom stereocenters. The molecule has 0 amide bonds. The minimum atomic E-state index is 0.0387. The van der Waals surface area contributed by atoms with Crippen molar-refractivity contribution in [3.63, 3.8) is 0 Å². The predicted molar refractivity (Wildman–Crippen MR) is 78.0 cm³/mol. The van der Waals surface area contributed by atoms with Crippen LogP contribution in [0, 0.1) is 0 Å². The summed E-state index contributed by atoms with van der Waals surface area (Å²) in [4.78, 5) is 0. The summed E-state index contributed by atoms with van der Waals surface area (Å²) in [5.41, 5.74) is 3.12. The molecule has 2 aromatic carbocycles. The monoisotopic (exact) mass is 278 g/mol. The Morgan fingerprint density at radius 1 is 0.944 bits per heavy atom. The van der Waals surface area contributed by atoms with Crippen LogP contribution in [0.3, 0.4) is 0 Å². The van der Waals surface area contributed by atoms with Crippen molar-refractivity contribution < 1.29 is 5.11 Å². The highest BCUT2D eigenvalue weighted by molar-refractivity contribution is 6.42. The normalized spacial score (nSPS) is 11.1. The van der Waals surface area contributed by atoms with Gasteiger partial charge in [-0.1, -0.05) is 59.6 Å². The van der Waals surface area contributed by atoms with E-state index in [4.69, 9.17) is 28.3 Å². The van der Waals surface area contributed by atoms with E-state index in [1.165, 1.54) is 0 Å². The smallest absolute Gasteiger partial charge is 0.0615 e. The van der Waals surface area contributed by atoms with Gasteiger partial charge in [0.15, 0.2) is 0 Å². The average Bonchev–Trinajstić information content (AvgIpc) is 2.40. The summed E-state index contributed by atoms with van der Waals surface area (Å²) in [7, 11) is 0. The first-order chi connectivity index (χ1) is 8.70. The first-order valence-electron chi connectivity index (χ1n) is 5.53. The molecule has 0 radical (unpaired) electrons. The Balaban J connectivity index is 2.38. The summed E-state index contributed by atoms with van der Waals surface area (Å²) < 4.78 is 0. The van der Waals surface area contributed by atoms with E-state index >= 15 is 0 Å². The number of hydrogen-bond donors (Lipinski definition) is 1. The fourth-order valence-corrected chi connectivity index (χ4v) is 1.98. The standard InChI is InChI=1S/C15H12Cl2O/c16-14-7-6-13(10-15(14)17)12-5-1-3-11(9-12)4-2-8-18/h1-7,9-10,18H,8H2. The van der Waals surface area contributed by atoms with Crippen molar-refractivity contribution in [2.45, 2.75) is 0 Å². The lowest BCUT2D eigenvalue weighted by atomic mass is 10.0. The van der Waals surface area contributed by atoms with Crippen molar-refractivity contribution in [2.75, 3.05) is 6.61 Å². The molecule has 0 aliphatic carbocycles. The Kier molecular flexibility index (Phi) is 4.43. The van der Waals surface area contributed by atoms with Crippen LogP contribution in [-0.4, -0.2) is 11.7 Å². The number of hydrogen-bond acceptors (Lipinski definition) is 1. The zero-order chi connectivity index (χ0) is 13.0. The first-order valence-corrected chi connectivity index (χ1v) is 6.29. The molecule has 0 unspecified atom stereocenters. The SMILES string of the molecule is OCC=Cc1cccc(-c2ccc(Cl)c(Cl)c2)c1. The molecule has 18 heavy (non-hydrogen) atoms. The highest BCUT2D eigenvalue weighted by atomic mass is 35.5. The van der Waals surface area contributed by atoms with Crippen LogP contribution in [0.4, 0.5) is 0 Å². The molecular formula is C15H12Cl2O. The molecule has 3 heteroatoms. The quantitative estimate of drug-likeness (QED) is 0.865. The third-order valence-electron chi connectivity index (χ3n) is 2.56. The first kappa shape index (κ1) is 13.2. The lowest BCUT2D eigenvalue weighted by Crippen LogP contribution is -1.81. The Labute approximate surface area is 116 Å². The molecule has 0 aromatic heterocycles. The van der Waals surface area contributed by atoms with Gasteiger partial charge in [-0.3, -0.25) is 0 Å². The maximum Gasteiger partial charge on any atom is 0.0615 e. The lowest BCUT2D eigenvalue weighted by molar-refractivity contribution is 0.343. The van der Waals surface area contributed by atoms with Gasteiger partial charge in [-0.2, -0.15) is 0 Å². The minimum Gasteiger partial charge on any atom is -0.392 e. The van der Waals surface area contributed by atoms with Gasteiger partial charge in [-0.25, -0.2) is 0 Å². The molecule has 2 rings (SSSR count). The van der Waals surface area contributed by atoms with Crippen molar-refractivity contribution in [1.29, 1.82) is 0 Å². The number of halogens is 2. The van der Waals surface area contributed by atoms with Crippen LogP contribution in [0.1, 0.15) is 5.56 Å². The molecule has 0 saturated carbocycles. The van der Waals surface area contributed by atoms with Crippen LogP contribution < -0.4 is 0 Å². The molecule has 0 bridgehead atoms. The molecule has 0 saturated heterocycles. The summed E-state index contributed by atoms with van der Waals surface area (Å²) in [5.74, 6) is 0. The second kappa shape index (κ2) is 6.05. The van der Waals surface area contributed by atoms with Crippen molar-refractivity contribution in [2.24, 2.45) is 0 Å². The number of rotatable bonds is 3. The van der Waals surface area contributed by atoms with Crippen LogP contribution >= 0.6 is 23.2 Å². The summed E-state index contributed by atoms with van der Waals surface area (Å²) in [6.07, 6.45) is 3.58. The summed E-state index contributed by atoms with van der Waals surface area (Å²) >= 11 is 11.9. The topological polar surface area (TPSA) is 20.2 Å². The van der Waals surface area contributed by atoms with E-state index in [2.05, 4.69) is 0 Å². The zero-order valence-corrected chi connectivity index (χ0v) is 11.1. The molecule has 1 N–H and O–H groups in total. The average molecular weight is 279 g/mol. The Morgan fingerprint density at radius 3 is 2.44 bits per heavy atom. The van der Waals surface area contributed by atoms with E-state index in [9.17, 15) is 0 Å². The van der Waals surface area contributed by atoms with Gasteiger partial charge in [0.1, 0.15) is 0 Å². The number of aliphatic hydroxyl groups excluding tert-OH is 1. The number of aliphatic hydroxyl groups is 1. The van der Waals surface area contributed by atoms with Gasteiger partial charge < -0.3 is 5.11 Å². The molecule has 2 aromatic rings. The Morgan fingerprint density at radius 2 is 1.72 bits per heavy atom. The molecule has 0 heterocycles. The zero-order valence-electron chi connectivity index (χ0n) is 9.61. The van der Waals surface area contributed by atoms with Crippen LogP contribution in [0.25, 0.3) is 17.2 Å². The maximum absolute atomic E-state index is 8.76. The predicted octanol–water partition coefficient (Wildman–Crippen LogP) is 4.67. The maximum atomic E-state index is 8.76. The largest absolute Gasteiger partial charge is 0.392 e. The summed E-state index contributed by atoms with van der Waals surface area (Å²) in [5, 5.41) is 9.86. The fourth-order valence-electron chi connectivity index (χ4n) is 1.69. The van der Waals surface area contributed by atoms with E-state index < -0.39 is 0 Å². The van der Waals surface area contributed by atoms with E-state index in [-0.39, 0.29) is 6.61 Å². The van der Waals surface area contributed by atoms with E-state index in [1.807, 2.05) is 42.5 Å². The molecule has 0 aliphatic rings. The van der Waals surface area contributed by atoms with E-state index in [1.54, 1.807) is 12.1 Å². The summed E-state index contributed by atoms with van der Waals surface area (Å²) in [6.45, 7) is 0.0387. The third kappa shape index (κ3) is 3.14.